The molecule has 1 unspecified atom stereocenters. The Morgan fingerprint density at radius 2 is 1.95 bits per heavy atom. The van der Waals surface area contributed by atoms with E-state index < -0.39 is 0 Å². The minimum atomic E-state index is 0.383. The molecule has 2 saturated heterocycles. The van der Waals surface area contributed by atoms with E-state index in [0.717, 1.165) is 54.7 Å². The summed E-state index contributed by atoms with van der Waals surface area (Å²) in [7, 11) is 0. The fourth-order valence-electron chi connectivity index (χ4n) is 3.43. The molecule has 0 radical (unpaired) electrons. The van der Waals surface area contributed by atoms with E-state index in [1.807, 2.05) is 12.1 Å². The second-order valence-electron chi connectivity index (χ2n) is 6.01. The van der Waals surface area contributed by atoms with Crippen LogP contribution in [0.5, 0.6) is 0 Å². The molecular formula is C16H21BrN4. The number of nitrogens with two attached hydrogens (primary N) is 1. The maximum atomic E-state index is 9.37. The topological polar surface area (TPSA) is 56.3 Å². The summed E-state index contributed by atoms with van der Waals surface area (Å²) >= 11 is 3.48. The van der Waals surface area contributed by atoms with E-state index in [9.17, 15) is 5.26 Å². The van der Waals surface area contributed by atoms with Crippen LogP contribution in [-0.2, 0) is 0 Å². The third-order valence-corrected chi connectivity index (χ3v) is 5.36. The first kappa shape index (κ1) is 14.8. The summed E-state index contributed by atoms with van der Waals surface area (Å²) in [5.74, 6) is 0. The number of halogens is 1. The SMILES string of the molecule is N#Cc1c(Br)cccc1N1CCC(N2CCC(N)CC2)C1. The minimum absolute atomic E-state index is 0.383. The molecule has 5 heteroatoms. The van der Waals surface area contributed by atoms with E-state index >= 15 is 0 Å². The van der Waals surface area contributed by atoms with Gasteiger partial charge in [0.05, 0.1) is 11.3 Å². The predicted octanol–water partition coefficient (Wildman–Crippen LogP) is 2.32. The Kier molecular flexibility index (Phi) is 4.48. The average molecular weight is 349 g/mol. The lowest BCUT2D eigenvalue weighted by Gasteiger charge is -2.34. The Morgan fingerprint density at radius 1 is 1.19 bits per heavy atom. The molecule has 0 amide bonds. The van der Waals surface area contributed by atoms with Crippen LogP contribution < -0.4 is 10.6 Å². The summed E-state index contributed by atoms with van der Waals surface area (Å²) < 4.78 is 0.884. The second-order valence-corrected chi connectivity index (χ2v) is 6.86. The summed E-state index contributed by atoms with van der Waals surface area (Å²) in [4.78, 5) is 4.93. The Hall–Kier alpha value is -1.09. The van der Waals surface area contributed by atoms with Gasteiger partial charge in [0.2, 0.25) is 0 Å². The number of nitriles is 1. The van der Waals surface area contributed by atoms with Gasteiger partial charge in [0.15, 0.2) is 0 Å². The molecule has 1 aromatic rings. The number of hydrogen-bond donors (Lipinski definition) is 1. The lowest BCUT2D eigenvalue weighted by atomic mass is 10.0. The first-order valence-electron chi connectivity index (χ1n) is 7.62. The Balaban J connectivity index is 1.70. The molecule has 1 aromatic carbocycles. The third kappa shape index (κ3) is 3.08. The quantitative estimate of drug-likeness (QED) is 0.890. The zero-order chi connectivity index (χ0) is 14.8. The van der Waals surface area contributed by atoms with Gasteiger partial charge in [-0.2, -0.15) is 5.26 Å². The van der Waals surface area contributed by atoms with E-state index in [0.29, 0.717) is 12.1 Å². The van der Waals surface area contributed by atoms with Crippen molar-refractivity contribution in [3.63, 3.8) is 0 Å². The molecule has 4 nitrogen and oxygen atoms in total. The lowest BCUT2D eigenvalue weighted by molar-refractivity contribution is 0.163. The van der Waals surface area contributed by atoms with Gasteiger partial charge in [0, 0.05) is 29.6 Å². The van der Waals surface area contributed by atoms with E-state index in [1.165, 1.54) is 6.42 Å². The van der Waals surface area contributed by atoms with Crippen molar-refractivity contribution < 1.29 is 0 Å². The maximum absolute atomic E-state index is 9.37. The summed E-state index contributed by atoms with van der Waals surface area (Å²) in [6, 6.07) is 9.30. The molecule has 2 N–H and O–H groups in total. The predicted molar refractivity (Wildman–Crippen MR) is 88.3 cm³/mol. The van der Waals surface area contributed by atoms with Crippen LogP contribution >= 0.6 is 15.9 Å². The number of rotatable bonds is 2. The Morgan fingerprint density at radius 3 is 2.67 bits per heavy atom. The number of piperidine rings is 1. The zero-order valence-electron chi connectivity index (χ0n) is 12.1. The first-order valence-corrected chi connectivity index (χ1v) is 8.41. The van der Waals surface area contributed by atoms with Gasteiger partial charge in [0.25, 0.3) is 0 Å². The van der Waals surface area contributed by atoms with Crippen molar-refractivity contribution in [2.45, 2.75) is 31.3 Å². The molecule has 2 fully saturated rings. The molecule has 112 valence electrons. The lowest BCUT2D eigenvalue weighted by Crippen LogP contribution is -2.46. The fourth-order valence-corrected chi connectivity index (χ4v) is 3.87. The molecule has 21 heavy (non-hydrogen) atoms. The van der Waals surface area contributed by atoms with Crippen LogP contribution in [-0.4, -0.2) is 43.2 Å². The van der Waals surface area contributed by atoms with Gasteiger partial charge in [-0.1, -0.05) is 6.07 Å². The van der Waals surface area contributed by atoms with Crippen molar-refractivity contribution in [2.24, 2.45) is 5.73 Å². The number of hydrogen-bond acceptors (Lipinski definition) is 4. The van der Waals surface area contributed by atoms with Crippen LogP contribution in [0.15, 0.2) is 22.7 Å². The largest absolute Gasteiger partial charge is 0.369 e. The summed E-state index contributed by atoms with van der Waals surface area (Å²) in [6.45, 7) is 4.27. The second kappa shape index (κ2) is 6.35. The average Bonchev–Trinajstić information content (AvgIpc) is 2.97. The molecule has 0 spiro atoms. The van der Waals surface area contributed by atoms with E-state index in [4.69, 9.17) is 5.73 Å². The van der Waals surface area contributed by atoms with Crippen molar-refractivity contribution in [2.75, 3.05) is 31.1 Å². The van der Waals surface area contributed by atoms with Crippen molar-refractivity contribution in [3.8, 4) is 6.07 Å². The van der Waals surface area contributed by atoms with Crippen molar-refractivity contribution >= 4 is 21.6 Å². The van der Waals surface area contributed by atoms with Gasteiger partial charge in [-0.25, -0.2) is 0 Å². The summed E-state index contributed by atoms with van der Waals surface area (Å²) in [5, 5.41) is 9.37. The summed E-state index contributed by atoms with van der Waals surface area (Å²) in [5.41, 5.74) is 7.80. The molecule has 0 aliphatic carbocycles. The van der Waals surface area contributed by atoms with Gasteiger partial charge in [-0.3, -0.25) is 4.90 Å². The molecule has 3 rings (SSSR count). The molecule has 1 atom stereocenters. The van der Waals surface area contributed by atoms with Crippen LogP contribution in [0.25, 0.3) is 0 Å². The van der Waals surface area contributed by atoms with E-state index in [2.05, 4.69) is 37.9 Å². The van der Waals surface area contributed by atoms with Crippen LogP contribution in [0.2, 0.25) is 0 Å². The van der Waals surface area contributed by atoms with Gasteiger partial charge >= 0.3 is 0 Å². The van der Waals surface area contributed by atoms with Crippen molar-refractivity contribution in [1.29, 1.82) is 5.26 Å². The summed E-state index contributed by atoms with van der Waals surface area (Å²) in [6.07, 6.45) is 3.39. The highest BCUT2D eigenvalue weighted by Crippen LogP contribution is 2.31. The Labute approximate surface area is 134 Å². The Bertz CT molecular complexity index is 546. The van der Waals surface area contributed by atoms with E-state index in [1.54, 1.807) is 0 Å². The first-order chi connectivity index (χ1) is 10.2. The normalized spacial score (nSPS) is 24.2. The van der Waals surface area contributed by atoms with Crippen LogP contribution in [0, 0.1) is 11.3 Å². The smallest absolute Gasteiger partial charge is 0.103 e. The monoisotopic (exact) mass is 348 g/mol. The standard InChI is InChI=1S/C16H21BrN4/c17-15-2-1-3-16(14(15)10-18)21-9-6-13(11-21)20-7-4-12(19)5-8-20/h1-3,12-13H,4-9,11,19H2. The zero-order valence-corrected chi connectivity index (χ0v) is 13.7. The van der Waals surface area contributed by atoms with Crippen molar-refractivity contribution in [3.05, 3.63) is 28.2 Å². The van der Waals surface area contributed by atoms with Crippen LogP contribution in [0.1, 0.15) is 24.8 Å². The number of nitrogens with zero attached hydrogens (tertiary/aromatic N) is 3. The molecule has 2 heterocycles. The molecule has 0 bridgehead atoms. The number of likely N-dealkylation sites (tertiary alicyclic amines) is 1. The van der Waals surface area contributed by atoms with Gasteiger partial charge in [0.1, 0.15) is 6.07 Å². The highest BCUT2D eigenvalue weighted by atomic mass is 79.9. The van der Waals surface area contributed by atoms with E-state index in [-0.39, 0.29) is 0 Å². The van der Waals surface area contributed by atoms with Gasteiger partial charge in [-0.15, -0.1) is 0 Å². The number of anilines is 1. The van der Waals surface area contributed by atoms with Crippen LogP contribution in [0.4, 0.5) is 5.69 Å². The third-order valence-electron chi connectivity index (χ3n) is 4.70. The van der Waals surface area contributed by atoms with Gasteiger partial charge < -0.3 is 10.6 Å². The highest BCUT2D eigenvalue weighted by molar-refractivity contribution is 9.10. The molecule has 2 aliphatic heterocycles. The highest BCUT2D eigenvalue weighted by Gasteiger charge is 2.30. The number of benzene rings is 1. The maximum Gasteiger partial charge on any atom is 0.103 e. The molecule has 0 saturated carbocycles. The molecular weight excluding hydrogens is 328 g/mol. The fraction of sp³-hybridized carbons (Fsp3) is 0.562. The van der Waals surface area contributed by atoms with Crippen LogP contribution in [0.3, 0.4) is 0 Å². The van der Waals surface area contributed by atoms with Crippen molar-refractivity contribution in [1.82, 2.24) is 4.90 Å². The molecule has 2 aliphatic rings. The molecule has 0 aromatic heterocycles. The van der Waals surface area contributed by atoms with Gasteiger partial charge in [-0.05, 0) is 60.4 Å². The minimum Gasteiger partial charge on any atom is -0.369 e.